The van der Waals surface area contributed by atoms with Crippen molar-refractivity contribution in [3.05, 3.63) is 11.8 Å². The lowest BCUT2D eigenvalue weighted by atomic mass is 9.92. The molecule has 0 aromatic heterocycles. The lowest BCUT2D eigenvalue weighted by molar-refractivity contribution is -0.115. The van der Waals surface area contributed by atoms with Gasteiger partial charge in [-0.2, -0.15) is 0 Å². The Bertz CT molecular complexity index is 279. The van der Waals surface area contributed by atoms with Crippen LogP contribution in [0.25, 0.3) is 0 Å². The van der Waals surface area contributed by atoms with Gasteiger partial charge in [0.25, 0.3) is 0 Å². The van der Waals surface area contributed by atoms with Crippen molar-refractivity contribution in [2.45, 2.75) is 45.6 Å². The number of rotatable bonds is 2. The van der Waals surface area contributed by atoms with Crippen LogP contribution >= 0.6 is 0 Å². The first-order chi connectivity index (χ1) is 6.69. The van der Waals surface area contributed by atoms with E-state index in [0.29, 0.717) is 12.0 Å². The number of hydrogen-bond acceptors (Lipinski definition) is 3. The van der Waals surface area contributed by atoms with Crippen LogP contribution in [0.1, 0.15) is 39.5 Å². The zero-order valence-corrected chi connectivity index (χ0v) is 8.79. The number of ketones is 1. The van der Waals surface area contributed by atoms with Crippen molar-refractivity contribution in [3.63, 3.8) is 0 Å². The number of allylic oxidation sites excluding steroid dienone is 1. The summed E-state index contributed by atoms with van der Waals surface area (Å²) in [5, 5.41) is 8.95. The Balaban J connectivity index is 2.85. The molecule has 1 aliphatic carbocycles. The fourth-order valence-corrected chi connectivity index (χ4v) is 1.48. The summed E-state index contributed by atoms with van der Waals surface area (Å²) in [6, 6.07) is 0.228. The summed E-state index contributed by atoms with van der Waals surface area (Å²) in [5.74, 6) is 0.0146. The highest BCUT2D eigenvalue weighted by molar-refractivity contribution is 6.23. The fraction of sp³-hybridized carbons (Fsp3) is 0.636. The number of nitrogens with zero attached hydrogens (tertiary/aromatic N) is 1. The Morgan fingerprint density at radius 3 is 2.86 bits per heavy atom. The van der Waals surface area contributed by atoms with Crippen LogP contribution in [-0.4, -0.2) is 22.6 Å². The number of aliphatic imine (C=N–C) groups is 1. The molecule has 0 aliphatic heterocycles. The molecule has 1 fully saturated rings. The topological polar surface area (TPSA) is 49.7 Å². The summed E-state index contributed by atoms with van der Waals surface area (Å²) in [4.78, 5) is 15.8. The molecule has 1 N–H and O–H groups in total. The summed E-state index contributed by atoms with van der Waals surface area (Å²) in [5.41, 5.74) is 1.19. The molecule has 3 nitrogen and oxygen atoms in total. The zero-order valence-electron chi connectivity index (χ0n) is 8.79. The van der Waals surface area contributed by atoms with Gasteiger partial charge in [-0.05, 0) is 26.2 Å². The summed E-state index contributed by atoms with van der Waals surface area (Å²) >= 11 is 0. The van der Waals surface area contributed by atoms with Crippen molar-refractivity contribution in [3.8, 4) is 0 Å². The molecule has 1 saturated carbocycles. The normalized spacial score (nSPS) is 25.7. The first-order valence-electron chi connectivity index (χ1n) is 5.13. The predicted molar refractivity (Wildman–Crippen MR) is 56.8 cm³/mol. The molecule has 0 bridgehead atoms. The van der Waals surface area contributed by atoms with Gasteiger partial charge in [0.1, 0.15) is 0 Å². The van der Waals surface area contributed by atoms with E-state index in [2.05, 4.69) is 11.9 Å². The van der Waals surface area contributed by atoms with Crippen LogP contribution in [0.5, 0.6) is 0 Å². The van der Waals surface area contributed by atoms with E-state index in [1.165, 1.54) is 0 Å². The Morgan fingerprint density at radius 1 is 1.57 bits per heavy atom. The third-order valence-corrected chi connectivity index (χ3v) is 2.52. The quantitative estimate of drug-likeness (QED) is 0.543. The average Bonchev–Trinajstić information content (AvgIpc) is 2.18. The minimum atomic E-state index is 0.0146. The Labute approximate surface area is 84.5 Å². The molecule has 0 saturated heterocycles. The minimum absolute atomic E-state index is 0.0146. The third-order valence-electron chi connectivity index (χ3n) is 2.52. The van der Waals surface area contributed by atoms with Gasteiger partial charge in [-0.3, -0.25) is 9.79 Å². The first-order valence-corrected chi connectivity index (χ1v) is 5.13. The van der Waals surface area contributed by atoms with Crippen LogP contribution in [0.15, 0.2) is 16.8 Å². The number of carbonyl (C=O) groups is 1. The van der Waals surface area contributed by atoms with E-state index < -0.39 is 0 Å². The Morgan fingerprint density at radius 2 is 2.29 bits per heavy atom. The van der Waals surface area contributed by atoms with Crippen molar-refractivity contribution in [1.29, 1.82) is 0 Å². The maximum absolute atomic E-state index is 11.4. The Hall–Kier alpha value is -1.12. The number of aliphatic hydroxyl groups excluding tert-OH is 1. The van der Waals surface area contributed by atoms with Gasteiger partial charge >= 0.3 is 0 Å². The van der Waals surface area contributed by atoms with Crippen LogP contribution in [0.2, 0.25) is 0 Å². The molecular weight excluding hydrogens is 178 g/mol. The van der Waals surface area contributed by atoms with Gasteiger partial charge in [-0.15, -0.1) is 0 Å². The van der Waals surface area contributed by atoms with E-state index in [0.717, 1.165) is 31.2 Å². The SMILES string of the molecule is CCC(C)N=C1CCCC(=O)/C1=C\O. The zero-order chi connectivity index (χ0) is 10.6. The molecule has 0 spiro atoms. The van der Waals surface area contributed by atoms with Gasteiger partial charge in [0.2, 0.25) is 0 Å². The molecule has 0 amide bonds. The lowest BCUT2D eigenvalue weighted by Crippen LogP contribution is -2.20. The molecule has 0 heterocycles. The largest absolute Gasteiger partial charge is 0.515 e. The van der Waals surface area contributed by atoms with Gasteiger partial charge in [0.15, 0.2) is 5.78 Å². The summed E-state index contributed by atoms with van der Waals surface area (Å²) in [7, 11) is 0. The average molecular weight is 195 g/mol. The van der Waals surface area contributed by atoms with Crippen molar-refractivity contribution >= 4 is 11.5 Å². The molecule has 0 aromatic rings. The molecule has 14 heavy (non-hydrogen) atoms. The molecule has 78 valence electrons. The van der Waals surface area contributed by atoms with Crippen LogP contribution in [0.3, 0.4) is 0 Å². The van der Waals surface area contributed by atoms with Gasteiger partial charge in [-0.1, -0.05) is 6.92 Å². The second-order valence-electron chi connectivity index (χ2n) is 3.65. The minimum Gasteiger partial charge on any atom is -0.515 e. The standard InChI is InChI=1S/C11H17NO2/c1-3-8(2)12-10-5-4-6-11(14)9(10)7-13/h7-8,13H,3-6H2,1-2H3/b9-7-,12-10?. The molecule has 1 atom stereocenters. The molecule has 0 aromatic carbocycles. The van der Waals surface area contributed by atoms with Crippen LogP contribution in [-0.2, 0) is 4.79 Å². The van der Waals surface area contributed by atoms with Crippen LogP contribution in [0, 0.1) is 0 Å². The second-order valence-corrected chi connectivity index (χ2v) is 3.65. The smallest absolute Gasteiger partial charge is 0.167 e. The van der Waals surface area contributed by atoms with Crippen molar-refractivity contribution in [1.82, 2.24) is 0 Å². The molecule has 3 heteroatoms. The van der Waals surface area contributed by atoms with E-state index in [1.807, 2.05) is 6.92 Å². The summed E-state index contributed by atoms with van der Waals surface area (Å²) in [6.45, 7) is 4.07. The van der Waals surface area contributed by atoms with Crippen molar-refractivity contribution in [2.24, 2.45) is 4.99 Å². The molecule has 1 unspecified atom stereocenters. The highest BCUT2D eigenvalue weighted by Crippen LogP contribution is 2.18. The number of carbonyl (C=O) groups excluding carboxylic acids is 1. The van der Waals surface area contributed by atoms with Gasteiger partial charge in [-0.25, -0.2) is 0 Å². The number of Topliss-reactive ketones (excluding diaryl/α,β-unsaturated/α-hetero) is 1. The van der Waals surface area contributed by atoms with E-state index in [-0.39, 0.29) is 11.8 Å². The van der Waals surface area contributed by atoms with E-state index in [4.69, 9.17) is 5.11 Å². The molecule has 1 rings (SSSR count). The van der Waals surface area contributed by atoms with Crippen LogP contribution in [0.4, 0.5) is 0 Å². The van der Waals surface area contributed by atoms with Gasteiger partial charge in [0, 0.05) is 18.2 Å². The fourth-order valence-electron chi connectivity index (χ4n) is 1.48. The maximum atomic E-state index is 11.4. The predicted octanol–water partition coefficient (Wildman–Crippen LogP) is 2.42. The second kappa shape index (κ2) is 4.94. The highest BCUT2D eigenvalue weighted by Gasteiger charge is 2.21. The lowest BCUT2D eigenvalue weighted by Gasteiger charge is -2.16. The Kier molecular flexibility index (Phi) is 3.86. The van der Waals surface area contributed by atoms with Crippen LogP contribution < -0.4 is 0 Å². The number of hydrogen-bond donors (Lipinski definition) is 1. The van der Waals surface area contributed by atoms with Crippen molar-refractivity contribution in [2.75, 3.05) is 0 Å². The molecule has 1 aliphatic rings. The monoisotopic (exact) mass is 195 g/mol. The molecular formula is C11H17NO2. The summed E-state index contributed by atoms with van der Waals surface area (Å²) in [6.07, 6.45) is 4.05. The summed E-state index contributed by atoms with van der Waals surface area (Å²) < 4.78 is 0. The van der Waals surface area contributed by atoms with Crippen molar-refractivity contribution < 1.29 is 9.90 Å². The molecule has 0 radical (unpaired) electrons. The highest BCUT2D eigenvalue weighted by atomic mass is 16.2. The van der Waals surface area contributed by atoms with Gasteiger partial charge in [0.05, 0.1) is 11.8 Å². The number of aliphatic hydroxyl groups is 1. The maximum Gasteiger partial charge on any atom is 0.167 e. The van der Waals surface area contributed by atoms with E-state index >= 15 is 0 Å². The van der Waals surface area contributed by atoms with Gasteiger partial charge < -0.3 is 5.11 Å². The first kappa shape index (κ1) is 11.0. The van der Waals surface area contributed by atoms with E-state index in [1.54, 1.807) is 0 Å². The van der Waals surface area contributed by atoms with E-state index in [9.17, 15) is 4.79 Å². The third kappa shape index (κ3) is 2.44.